The standard InChI is InChI=1S/C11H9FN2O/c1-8-4-10(2-3-11(8)12)14-6-9(7-15)5-13-14/h2-7H,1H3. The highest BCUT2D eigenvalue weighted by molar-refractivity contribution is 5.73. The first-order valence-corrected chi connectivity index (χ1v) is 4.47. The van der Waals surface area contributed by atoms with Gasteiger partial charge in [0.2, 0.25) is 0 Å². The molecule has 1 aromatic heterocycles. The van der Waals surface area contributed by atoms with Crippen molar-refractivity contribution in [3.63, 3.8) is 0 Å². The van der Waals surface area contributed by atoms with Crippen LogP contribution in [0, 0.1) is 12.7 Å². The van der Waals surface area contributed by atoms with Gasteiger partial charge in [-0.25, -0.2) is 9.07 Å². The zero-order valence-corrected chi connectivity index (χ0v) is 8.14. The van der Waals surface area contributed by atoms with E-state index in [1.54, 1.807) is 25.3 Å². The first-order chi connectivity index (χ1) is 7.20. The highest BCUT2D eigenvalue weighted by Crippen LogP contribution is 2.13. The van der Waals surface area contributed by atoms with E-state index < -0.39 is 0 Å². The van der Waals surface area contributed by atoms with Gasteiger partial charge in [-0.15, -0.1) is 0 Å². The largest absolute Gasteiger partial charge is 0.298 e. The molecule has 1 aromatic carbocycles. The van der Waals surface area contributed by atoms with Crippen molar-refractivity contribution < 1.29 is 9.18 Å². The van der Waals surface area contributed by atoms with Gasteiger partial charge in [-0.05, 0) is 30.7 Å². The van der Waals surface area contributed by atoms with Crippen molar-refractivity contribution in [3.05, 3.63) is 47.5 Å². The molecule has 2 rings (SSSR count). The van der Waals surface area contributed by atoms with E-state index in [4.69, 9.17) is 0 Å². The van der Waals surface area contributed by atoms with E-state index in [9.17, 15) is 9.18 Å². The number of hydrogen-bond donors (Lipinski definition) is 0. The second-order valence-electron chi connectivity index (χ2n) is 3.27. The maximum absolute atomic E-state index is 13.0. The van der Waals surface area contributed by atoms with E-state index in [1.165, 1.54) is 16.9 Å². The number of halogens is 1. The Morgan fingerprint density at radius 1 is 1.47 bits per heavy atom. The van der Waals surface area contributed by atoms with Crippen molar-refractivity contribution in [1.82, 2.24) is 9.78 Å². The van der Waals surface area contributed by atoms with Gasteiger partial charge in [0, 0.05) is 6.20 Å². The average Bonchev–Trinajstić information content (AvgIpc) is 2.70. The highest BCUT2D eigenvalue weighted by atomic mass is 19.1. The number of benzene rings is 1. The number of nitrogens with zero attached hydrogens (tertiary/aromatic N) is 2. The monoisotopic (exact) mass is 204 g/mol. The molecule has 0 atom stereocenters. The van der Waals surface area contributed by atoms with Gasteiger partial charge < -0.3 is 0 Å². The Kier molecular flexibility index (Phi) is 2.33. The molecule has 0 radical (unpaired) electrons. The van der Waals surface area contributed by atoms with Crippen LogP contribution in [-0.2, 0) is 0 Å². The molecule has 0 aliphatic carbocycles. The summed E-state index contributed by atoms with van der Waals surface area (Å²) in [6.07, 6.45) is 3.78. The van der Waals surface area contributed by atoms with Gasteiger partial charge in [-0.3, -0.25) is 4.79 Å². The minimum Gasteiger partial charge on any atom is -0.298 e. The smallest absolute Gasteiger partial charge is 0.153 e. The van der Waals surface area contributed by atoms with Gasteiger partial charge in [0.25, 0.3) is 0 Å². The van der Waals surface area contributed by atoms with Crippen LogP contribution in [0.5, 0.6) is 0 Å². The van der Waals surface area contributed by atoms with E-state index >= 15 is 0 Å². The van der Waals surface area contributed by atoms with Crippen LogP contribution in [0.15, 0.2) is 30.6 Å². The Morgan fingerprint density at radius 3 is 2.87 bits per heavy atom. The first-order valence-electron chi connectivity index (χ1n) is 4.47. The Morgan fingerprint density at radius 2 is 2.27 bits per heavy atom. The summed E-state index contributed by atoms with van der Waals surface area (Å²) in [6, 6.07) is 4.67. The van der Waals surface area contributed by atoms with Crippen LogP contribution in [-0.4, -0.2) is 16.1 Å². The third kappa shape index (κ3) is 1.79. The molecule has 15 heavy (non-hydrogen) atoms. The van der Waals surface area contributed by atoms with E-state index in [2.05, 4.69) is 5.10 Å². The normalized spacial score (nSPS) is 10.3. The summed E-state index contributed by atoms with van der Waals surface area (Å²) in [7, 11) is 0. The van der Waals surface area contributed by atoms with Crippen LogP contribution in [0.25, 0.3) is 5.69 Å². The summed E-state index contributed by atoms with van der Waals surface area (Å²) in [4.78, 5) is 10.5. The number of aryl methyl sites for hydroxylation is 1. The summed E-state index contributed by atoms with van der Waals surface area (Å²) < 4.78 is 14.5. The molecule has 0 spiro atoms. The van der Waals surface area contributed by atoms with Crippen molar-refractivity contribution in [2.75, 3.05) is 0 Å². The predicted molar refractivity (Wildman–Crippen MR) is 53.6 cm³/mol. The van der Waals surface area contributed by atoms with Gasteiger partial charge in [0.1, 0.15) is 5.82 Å². The van der Waals surface area contributed by atoms with Crippen LogP contribution in [0.3, 0.4) is 0 Å². The number of aromatic nitrogens is 2. The molecule has 76 valence electrons. The summed E-state index contributed by atoms with van der Waals surface area (Å²) in [5.41, 5.74) is 1.79. The maximum atomic E-state index is 13.0. The fraction of sp³-hybridized carbons (Fsp3) is 0.0909. The summed E-state index contributed by atoms with van der Waals surface area (Å²) in [6.45, 7) is 1.68. The van der Waals surface area contributed by atoms with Crippen LogP contribution >= 0.6 is 0 Å². The van der Waals surface area contributed by atoms with Gasteiger partial charge >= 0.3 is 0 Å². The lowest BCUT2D eigenvalue weighted by Gasteiger charge is -2.02. The lowest BCUT2D eigenvalue weighted by molar-refractivity contribution is 0.112. The van der Waals surface area contributed by atoms with Crippen LogP contribution < -0.4 is 0 Å². The molecule has 3 nitrogen and oxygen atoms in total. The molecule has 0 aliphatic heterocycles. The zero-order chi connectivity index (χ0) is 10.8. The maximum Gasteiger partial charge on any atom is 0.153 e. The van der Waals surface area contributed by atoms with Gasteiger partial charge in [-0.2, -0.15) is 5.10 Å². The molecule has 0 aliphatic rings. The van der Waals surface area contributed by atoms with Crippen molar-refractivity contribution in [3.8, 4) is 5.69 Å². The predicted octanol–water partition coefficient (Wildman–Crippen LogP) is 2.13. The second-order valence-corrected chi connectivity index (χ2v) is 3.27. The van der Waals surface area contributed by atoms with E-state index in [0.717, 1.165) is 12.0 Å². The average molecular weight is 204 g/mol. The molecule has 0 unspecified atom stereocenters. The number of aldehydes is 1. The summed E-state index contributed by atoms with van der Waals surface area (Å²) in [5, 5.41) is 3.99. The van der Waals surface area contributed by atoms with Crippen molar-refractivity contribution in [2.24, 2.45) is 0 Å². The first kappa shape index (κ1) is 9.58. The number of carbonyl (C=O) groups excluding carboxylic acids is 1. The molecular weight excluding hydrogens is 195 g/mol. The van der Waals surface area contributed by atoms with E-state index in [-0.39, 0.29) is 5.82 Å². The van der Waals surface area contributed by atoms with Crippen LogP contribution in [0.1, 0.15) is 15.9 Å². The molecule has 0 saturated carbocycles. The lowest BCUT2D eigenvalue weighted by atomic mass is 10.2. The molecule has 1 heterocycles. The second kappa shape index (κ2) is 3.65. The van der Waals surface area contributed by atoms with Gasteiger partial charge in [0.05, 0.1) is 17.4 Å². The molecule has 0 fully saturated rings. The van der Waals surface area contributed by atoms with Gasteiger partial charge in [0.15, 0.2) is 6.29 Å². The molecular formula is C11H9FN2O. The summed E-state index contributed by atoms with van der Waals surface area (Å²) >= 11 is 0. The Bertz CT molecular complexity index is 505. The fourth-order valence-electron chi connectivity index (χ4n) is 1.31. The van der Waals surface area contributed by atoms with Gasteiger partial charge in [-0.1, -0.05) is 0 Å². The molecule has 4 heteroatoms. The molecule has 0 amide bonds. The quantitative estimate of drug-likeness (QED) is 0.702. The molecule has 0 saturated heterocycles. The third-order valence-electron chi connectivity index (χ3n) is 2.14. The minimum atomic E-state index is -0.249. The van der Waals surface area contributed by atoms with E-state index in [1.807, 2.05) is 0 Å². The highest BCUT2D eigenvalue weighted by Gasteiger charge is 2.02. The van der Waals surface area contributed by atoms with Crippen LogP contribution in [0.4, 0.5) is 4.39 Å². The zero-order valence-electron chi connectivity index (χ0n) is 8.14. The van der Waals surface area contributed by atoms with Crippen LogP contribution in [0.2, 0.25) is 0 Å². The fourth-order valence-corrected chi connectivity index (χ4v) is 1.31. The lowest BCUT2D eigenvalue weighted by Crippen LogP contribution is -1.95. The van der Waals surface area contributed by atoms with Crippen molar-refractivity contribution in [2.45, 2.75) is 6.92 Å². The molecule has 2 aromatic rings. The van der Waals surface area contributed by atoms with Crippen molar-refractivity contribution >= 4 is 6.29 Å². The number of rotatable bonds is 2. The van der Waals surface area contributed by atoms with E-state index in [0.29, 0.717) is 11.1 Å². The summed E-state index contributed by atoms with van der Waals surface area (Å²) in [5.74, 6) is -0.249. The SMILES string of the molecule is Cc1cc(-n2cc(C=O)cn2)ccc1F. The Hall–Kier alpha value is -1.97. The minimum absolute atomic E-state index is 0.249. The molecule has 0 bridgehead atoms. The number of hydrogen-bond acceptors (Lipinski definition) is 2. The Balaban J connectivity index is 2.44. The number of carbonyl (C=O) groups is 1. The third-order valence-corrected chi connectivity index (χ3v) is 2.14. The molecule has 0 N–H and O–H groups in total. The van der Waals surface area contributed by atoms with Crippen molar-refractivity contribution in [1.29, 1.82) is 0 Å². The Labute approximate surface area is 86.2 Å². The topological polar surface area (TPSA) is 34.9 Å².